The average molecular weight is 161 g/mol. The van der Waals surface area contributed by atoms with E-state index < -0.39 is 6.23 Å². The molecule has 0 saturated carbocycles. The first kappa shape index (κ1) is 10.6. The summed E-state index contributed by atoms with van der Waals surface area (Å²) in [6.45, 7) is 3.54. The Kier molecular flexibility index (Phi) is 5.06. The molecule has 0 rings (SSSR count). The second-order valence-electron chi connectivity index (χ2n) is 2.14. The van der Waals surface area contributed by atoms with Crippen molar-refractivity contribution < 1.29 is 14.7 Å². The highest BCUT2D eigenvalue weighted by molar-refractivity contribution is 4.84. The third-order valence-corrected chi connectivity index (χ3v) is 1.40. The highest BCUT2D eigenvalue weighted by Crippen LogP contribution is 2.05. The minimum atomic E-state index is -0.502. The predicted molar refractivity (Wildman–Crippen MR) is 41.3 cm³/mol. The van der Waals surface area contributed by atoms with E-state index in [1.807, 2.05) is 0 Å². The van der Waals surface area contributed by atoms with Gasteiger partial charge in [0.05, 0.1) is 0 Å². The van der Waals surface area contributed by atoms with Crippen LogP contribution in [0.2, 0.25) is 0 Å². The summed E-state index contributed by atoms with van der Waals surface area (Å²) in [6.07, 6.45) is 0.744. The van der Waals surface area contributed by atoms with Crippen LogP contribution in [0.4, 0.5) is 0 Å². The fourth-order valence-corrected chi connectivity index (χ4v) is 0.828. The van der Waals surface area contributed by atoms with E-state index in [9.17, 15) is 0 Å². The van der Waals surface area contributed by atoms with Crippen LogP contribution in [0.5, 0.6) is 0 Å². The van der Waals surface area contributed by atoms with Crippen molar-refractivity contribution in [3.63, 3.8) is 0 Å². The van der Waals surface area contributed by atoms with Gasteiger partial charge in [0.1, 0.15) is 6.10 Å². The minimum Gasteiger partial charge on any atom is -0.373 e. The summed E-state index contributed by atoms with van der Waals surface area (Å²) in [6, 6.07) is 0. The van der Waals surface area contributed by atoms with Crippen LogP contribution in [-0.4, -0.2) is 43.9 Å². The van der Waals surface area contributed by atoms with Crippen LogP contribution in [0.25, 0.3) is 0 Å². The van der Waals surface area contributed by atoms with Gasteiger partial charge in [-0.2, -0.15) is 5.06 Å². The number of hydrogen-bond acceptors (Lipinski definition) is 4. The Morgan fingerprint density at radius 3 is 2.09 bits per heavy atom. The lowest BCUT2D eigenvalue weighted by molar-refractivity contribution is -0.219. The van der Waals surface area contributed by atoms with E-state index in [-0.39, 0.29) is 6.10 Å². The Labute approximate surface area is 67.0 Å². The third kappa shape index (κ3) is 2.98. The fourth-order valence-electron chi connectivity index (χ4n) is 0.828. The van der Waals surface area contributed by atoms with E-state index in [0.717, 1.165) is 5.06 Å². The molecule has 0 heterocycles. The van der Waals surface area contributed by atoms with Crippen LogP contribution in [-0.2, 0) is 9.47 Å². The summed E-state index contributed by atoms with van der Waals surface area (Å²) in [5.74, 6) is 0. The van der Waals surface area contributed by atoms with Gasteiger partial charge in [0.25, 0.3) is 0 Å². The van der Waals surface area contributed by atoms with Gasteiger partial charge in [-0.05, 0) is 0 Å². The van der Waals surface area contributed by atoms with E-state index in [4.69, 9.17) is 14.7 Å². The Hall–Kier alpha value is -0.420. The number of likely N-dealkylation sites (N-methyl/N-ethyl adjacent to an activating group) is 1. The first-order chi connectivity index (χ1) is 5.17. The van der Waals surface area contributed by atoms with Gasteiger partial charge in [0.15, 0.2) is 6.23 Å². The Morgan fingerprint density at radius 1 is 1.45 bits per heavy atom. The number of methoxy groups -OCH3 is 2. The molecule has 0 aliphatic heterocycles. The van der Waals surface area contributed by atoms with Crippen LogP contribution in [0, 0.1) is 0 Å². The molecule has 0 aromatic rings. The molecule has 1 N–H and O–H groups in total. The molecule has 0 saturated heterocycles. The molecule has 2 unspecified atom stereocenters. The first-order valence-corrected chi connectivity index (χ1v) is 3.27. The van der Waals surface area contributed by atoms with E-state index in [2.05, 4.69) is 6.58 Å². The Morgan fingerprint density at radius 2 is 2.00 bits per heavy atom. The number of nitrogens with zero attached hydrogens (tertiary/aromatic N) is 1. The summed E-state index contributed by atoms with van der Waals surface area (Å²) in [5, 5.41) is 9.97. The molecular weight excluding hydrogens is 146 g/mol. The highest BCUT2D eigenvalue weighted by Gasteiger charge is 2.20. The van der Waals surface area contributed by atoms with Crippen LogP contribution in [0.1, 0.15) is 0 Å². The molecule has 0 spiro atoms. The van der Waals surface area contributed by atoms with Gasteiger partial charge in [-0.3, -0.25) is 0 Å². The lowest BCUT2D eigenvalue weighted by Gasteiger charge is -2.25. The van der Waals surface area contributed by atoms with Gasteiger partial charge in [-0.25, -0.2) is 0 Å². The van der Waals surface area contributed by atoms with Crippen molar-refractivity contribution >= 4 is 0 Å². The second kappa shape index (κ2) is 5.26. The second-order valence-corrected chi connectivity index (χ2v) is 2.14. The number of ether oxygens (including phenoxy) is 2. The molecule has 0 aliphatic carbocycles. The first-order valence-electron chi connectivity index (χ1n) is 3.27. The smallest absolute Gasteiger partial charge is 0.161 e. The highest BCUT2D eigenvalue weighted by atomic mass is 16.6. The molecule has 0 bridgehead atoms. The molecule has 66 valence electrons. The van der Waals surface area contributed by atoms with Crippen molar-refractivity contribution in [1.29, 1.82) is 0 Å². The quantitative estimate of drug-likeness (QED) is 0.362. The van der Waals surface area contributed by atoms with Crippen LogP contribution in [0.3, 0.4) is 0 Å². The van der Waals surface area contributed by atoms with Gasteiger partial charge in [0.2, 0.25) is 0 Å². The molecule has 0 aliphatic rings. The predicted octanol–water partition coefficient (Wildman–Crippen LogP) is 0.481. The Bertz CT molecular complexity index is 116. The standard InChI is InChI=1S/C7H15NO3/c1-5-6(10-3)7(11-4)8(2)9/h5-7,9H,1H2,2-4H3. The SMILES string of the molecule is C=CC(OC)C(OC)N(C)O. The van der Waals surface area contributed by atoms with Gasteiger partial charge < -0.3 is 14.7 Å². The number of hydroxylamine groups is 2. The lowest BCUT2D eigenvalue weighted by Crippen LogP contribution is -2.40. The topological polar surface area (TPSA) is 41.9 Å². The molecule has 0 amide bonds. The number of hydrogen-bond donors (Lipinski definition) is 1. The zero-order chi connectivity index (χ0) is 8.85. The maximum absolute atomic E-state index is 9.03. The van der Waals surface area contributed by atoms with Crippen LogP contribution < -0.4 is 0 Å². The van der Waals surface area contributed by atoms with Crippen LogP contribution in [0.15, 0.2) is 12.7 Å². The molecule has 2 atom stereocenters. The van der Waals surface area contributed by atoms with Gasteiger partial charge >= 0.3 is 0 Å². The monoisotopic (exact) mass is 161 g/mol. The maximum Gasteiger partial charge on any atom is 0.161 e. The van der Waals surface area contributed by atoms with Crippen molar-refractivity contribution in [3.8, 4) is 0 Å². The molecule has 0 fully saturated rings. The third-order valence-electron chi connectivity index (χ3n) is 1.40. The largest absolute Gasteiger partial charge is 0.373 e. The molecule has 4 heteroatoms. The van der Waals surface area contributed by atoms with Crippen molar-refractivity contribution in [2.45, 2.75) is 12.3 Å². The van der Waals surface area contributed by atoms with Gasteiger partial charge in [-0.1, -0.05) is 6.08 Å². The van der Waals surface area contributed by atoms with Crippen molar-refractivity contribution in [3.05, 3.63) is 12.7 Å². The summed E-state index contributed by atoms with van der Waals surface area (Å²) in [5.41, 5.74) is 0. The Balaban J connectivity index is 4.08. The summed E-state index contributed by atoms with van der Waals surface area (Å²) < 4.78 is 9.90. The molecule has 0 aromatic heterocycles. The van der Waals surface area contributed by atoms with Crippen molar-refractivity contribution in [1.82, 2.24) is 5.06 Å². The van der Waals surface area contributed by atoms with Gasteiger partial charge in [-0.15, -0.1) is 6.58 Å². The zero-order valence-electron chi connectivity index (χ0n) is 7.15. The minimum absolute atomic E-state index is 0.324. The number of rotatable bonds is 5. The van der Waals surface area contributed by atoms with E-state index in [1.165, 1.54) is 21.3 Å². The van der Waals surface area contributed by atoms with Crippen molar-refractivity contribution in [2.75, 3.05) is 21.3 Å². The molecule has 4 nitrogen and oxygen atoms in total. The molecular formula is C7H15NO3. The summed E-state index contributed by atoms with van der Waals surface area (Å²) in [4.78, 5) is 0. The van der Waals surface area contributed by atoms with Gasteiger partial charge in [0, 0.05) is 21.3 Å². The molecule has 0 radical (unpaired) electrons. The summed E-state index contributed by atoms with van der Waals surface area (Å²) in [7, 11) is 4.51. The van der Waals surface area contributed by atoms with E-state index >= 15 is 0 Å². The summed E-state index contributed by atoms with van der Waals surface area (Å²) >= 11 is 0. The van der Waals surface area contributed by atoms with E-state index in [1.54, 1.807) is 6.08 Å². The molecule has 0 aromatic carbocycles. The molecule has 11 heavy (non-hydrogen) atoms. The average Bonchev–Trinajstić information content (AvgIpc) is 1.99. The van der Waals surface area contributed by atoms with E-state index in [0.29, 0.717) is 0 Å². The normalized spacial score (nSPS) is 16.5. The lowest BCUT2D eigenvalue weighted by atomic mass is 10.3. The zero-order valence-corrected chi connectivity index (χ0v) is 7.15. The fraction of sp³-hybridized carbons (Fsp3) is 0.714. The van der Waals surface area contributed by atoms with Crippen molar-refractivity contribution in [2.24, 2.45) is 0 Å². The van der Waals surface area contributed by atoms with Crippen LogP contribution >= 0.6 is 0 Å². The maximum atomic E-state index is 9.03.